The summed E-state index contributed by atoms with van der Waals surface area (Å²) in [7, 11) is -0.317. The Morgan fingerprint density at radius 3 is 1.86 bits per heavy atom. The van der Waals surface area contributed by atoms with E-state index < -0.39 is 8.07 Å². The van der Waals surface area contributed by atoms with Gasteiger partial charge in [-0.2, -0.15) is 0 Å². The largest absolute Gasteiger partial charge is 0.344 e. The first kappa shape index (κ1) is 24.4. The van der Waals surface area contributed by atoms with E-state index in [1.807, 2.05) is 0 Å². The van der Waals surface area contributed by atoms with Crippen molar-refractivity contribution in [1.29, 1.82) is 0 Å². The Morgan fingerprint density at radius 1 is 0.442 bits per heavy atom. The van der Waals surface area contributed by atoms with Crippen LogP contribution in [0, 0.1) is 0 Å². The van der Waals surface area contributed by atoms with Gasteiger partial charge in [0.15, 0.2) is 8.07 Å². The lowest BCUT2D eigenvalue weighted by molar-refractivity contribution is 1.01. The molecule has 1 aliphatic heterocycles. The van der Waals surface area contributed by atoms with Crippen LogP contribution in [-0.2, 0) is 7.05 Å². The average Bonchev–Trinajstić information content (AvgIpc) is 3.54. The minimum Gasteiger partial charge on any atom is -0.344 e. The van der Waals surface area contributed by atoms with E-state index in [-0.39, 0.29) is 0 Å². The molecule has 0 spiro atoms. The molecule has 2 heteroatoms. The lowest BCUT2D eigenvalue weighted by atomic mass is 9.98. The van der Waals surface area contributed by atoms with Crippen LogP contribution in [0.25, 0.3) is 54.8 Å². The standard InChI is InChI=1S/C41H29NSi/c1-42-37-25-22-28-12-8-9-17-33(28)41(37)36-24-21-29(26-38(36)42)30-20-23-35-34-18-10-11-19-39(34)43(40(35)27-30,31-13-4-2-5-14-31)32-15-6-3-7-16-32/h2-27H,1H3. The summed E-state index contributed by atoms with van der Waals surface area (Å²) in [5.74, 6) is 0. The molecule has 0 N–H and O–H groups in total. The molecule has 0 aliphatic carbocycles. The minimum atomic E-state index is -2.52. The van der Waals surface area contributed by atoms with Gasteiger partial charge in [-0.1, -0.05) is 146 Å². The summed E-state index contributed by atoms with van der Waals surface area (Å²) in [6.07, 6.45) is 0. The maximum atomic E-state index is 2.51. The second-order valence-corrected chi connectivity index (χ2v) is 15.5. The maximum Gasteiger partial charge on any atom is 0.180 e. The molecule has 0 saturated carbocycles. The highest BCUT2D eigenvalue weighted by atomic mass is 28.3. The van der Waals surface area contributed by atoms with Crippen molar-refractivity contribution in [3.63, 3.8) is 0 Å². The van der Waals surface area contributed by atoms with Crippen LogP contribution >= 0.6 is 0 Å². The van der Waals surface area contributed by atoms with Crippen molar-refractivity contribution in [2.45, 2.75) is 0 Å². The molecule has 7 aromatic carbocycles. The molecular weight excluding hydrogens is 535 g/mol. The summed E-state index contributed by atoms with van der Waals surface area (Å²) in [6, 6.07) is 59.1. The predicted molar refractivity (Wildman–Crippen MR) is 186 cm³/mol. The Balaban J connectivity index is 1.31. The maximum absolute atomic E-state index is 2.52. The van der Waals surface area contributed by atoms with Crippen molar-refractivity contribution in [2.75, 3.05) is 0 Å². The molecule has 0 atom stereocenters. The molecule has 0 bridgehead atoms. The zero-order chi connectivity index (χ0) is 28.5. The zero-order valence-corrected chi connectivity index (χ0v) is 25.0. The topological polar surface area (TPSA) is 4.93 Å². The Labute approximate surface area is 252 Å². The number of fused-ring (bicyclic) bond motifs is 8. The van der Waals surface area contributed by atoms with Gasteiger partial charge in [-0.15, -0.1) is 0 Å². The van der Waals surface area contributed by atoms with Gasteiger partial charge >= 0.3 is 0 Å². The Kier molecular flexibility index (Phi) is 5.20. The van der Waals surface area contributed by atoms with Gasteiger partial charge in [0.2, 0.25) is 0 Å². The first-order chi connectivity index (χ1) is 21.2. The van der Waals surface area contributed by atoms with Gasteiger partial charge in [0, 0.05) is 28.9 Å². The summed E-state index contributed by atoms with van der Waals surface area (Å²) in [5, 5.41) is 11.1. The first-order valence-corrected chi connectivity index (χ1v) is 17.0. The average molecular weight is 564 g/mol. The summed E-state index contributed by atoms with van der Waals surface area (Å²) < 4.78 is 2.36. The van der Waals surface area contributed by atoms with Gasteiger partial charge < -0.3 is 4.57 Å². The molecule has 1 aromatic heterocycles. The van der Waals surface area contributed by atoms with E-state index in [0.29, 0.717) is 0 Å². The quantitative estimate of drug-likeness (QED) is 0.196. The second-order valence-electron chi connectivity index (χ2n) is 11.8. The fourth-order valence-electron chi connectivity index (χ4n) is 7.78. The smallest absolute Gasteiger partial charge is 0.180 e. The molecule has 202 valence electrons. The number of aryl methyl sites for hydroxylation is 1. The van der Waals surface area contributed by atoms with Crippen LogP contribution in [0.5, 0.6) is 0 Å². The van der Waals surface area contributed by atoms with E-state index in [9.17, 15) is 0 Å². The third-order valence-corrected chi connectivity index (χ3v) is 14.6. The normalized spacial score (nSPS) is 13.4. The Bertz CT molecular complexity index is 2310. The van der Waals surface area contributed by atoms with E-state index in [2.05, 4.69) is 169 Å². The van der Waals surface area contributed by atoms with Crippen molar-refractivity contribution in [3.8, 4) is 22.3 Å². The van der Waals surface area contributed by atoms with Gasteiger partial charge in [-0.3, -0.25) is 0 Å². The molecule has 0 unspecified atom stereocenters. The number of nitrogens with zero attached hydrogens (tertiary/aromatic N) is 1. The summed E-state index contributed by atoms with van der Waals surface area (Å²) in [6.45, 7) is 0. The molecule has 0 radical (unpaired) electrons. The molecular formula is C41H29NSi. The molecule has 0 amide bonds. The molecule has 0 saturated heterocycles. The molecule has 8 aromatic rings. The van der Waals surface area contributed by atoms with Crippen molar-refractivity contribution in [1.82, 2.24) is 4.57 Å². The molecule has 0 fully saturated rings. The third-order valence-electron chi connectivity index (χ3n) is 9.69. The molecule has 1 nitrogen and oxygen atoms in total. The van der Waals surface area contributed by atoms with Crippen molar-refractivity contribution in [3.05, 3.63) is 158 Å². The number of benzene rings is 7. The van der Waals surface area contributed by atoms with Gasteiger partial charge in [-0.05, 0) is 65.9 Å². The molecule has 1 aliphatic rings. The van der Waals surface area contributed by atoms with Crippen molar-refractivity contribution in [2.24, 2.45) is 7.05 Å². The number of rotatable bonds is 3. The monoisotopic (exact) mass is 563 g/mol. The summed E-state index contributed by atoms with van der Waals surface area (Å²) >= 11 is 0. The van der Waals surface area contributed by atoms with Crippen LogP contribution in [0.1, 0.15) is 0 Å². The minimum absolute atomic E-state index is 1.26. The second kappa shape index (κ2) is 9.16. The predicted octanol–water partition coefficient (Wildman–Crippen LogP) is 7.51. The SMILES string of the molecule is Cn1c2cc(-c3ccc4c(c3)[Si](c3ccccc3)(c3ccccc3)c3ccccc3-4)ccc2c2c3ccccc3ccc21. The van der Waals surface area contributed by atoms with Gasteiger partial charge in [-0.25, -0.2) is 0 Å². The molecule has 9 rings (SSSR count). The fourth-order valence-corrected chi connectivity index (χ4v) is 13.0. The Hall–Kier alpha value is -5.18. The van der Waals surface area contributed by atoms with Crippen LogP contribution in [0.15, 0.2) is 158 Å². The van der Waals surface area contributed by atoms with Gasteiger partial charge in [0.05, 0.1) is 0 Å². The van der Waals surface area contributed by atoms with Crippen LogP contribution in [0.3, 0.4) is 0 Å². The fraction of sp³-hybridized carbons (Fsp3) is 0.0244. The van der Waals surface area contributed by atoms with Crippen LogP contribution < -0.4 is 20.7 Å². The first-order valence-electron chi connectivity index (χ1n) is 15.0. The Morgan fingerprint density at radius 2 is 1.07 bits per heavy atom. The van der Waals surface area contributed by atoms with Crippen LogP contribution in [-0.4, -0.2) is 12.6 Å². The van der Waals surface area contributed by atoms with Gasteiger partial charge in [0.1, 0.15) is 0 Å². The molecule has 2 heterocycles. The number of hydrogen-bond donors (Lipinski definition) is 0. The van der Waals surface area contributed by atoms with E-state index in [1.54, 1.807) is 0 Å². The van der Waals surface area contributed by atoms with Crippen molar-refractivity contribution < 1.29 is 0 Å². The number of aromatic nitrogens is 1. The zero-order valence-electron chi connectivity index (χ0n) is 24.0. The highest BCUT2D eigenvalue weighted by molar-refractivity contribution is 7.22. The van der Waals surface area contributed by atoms with E-state index >= 15 is 0 Å². The van der Waals surface area contributed by atoms with Crippen LogP contribution in [0.4, 0.5) is 0 Å². The van der Waals surface area contributed by atoms with Crippen LogP contribution in [0.2, 0.25) is 0 Å². The van der Waals surface area contributed by atoms with Gasteiger partial charge in [0.25, 0.3) is 0 Å². The van der Waals surface area contributed by atoms with Crippen molar-refractivity contribution >= 4 is 61.4 Å². The highest BCUT2D eigenvalue weighted by Crippen LogP contribution is 2.37. The lowest BCUT2D eigenvalue weighted by Gasteiger charge is -2.31. The summed E-state index contributed by atoms with van der Waals surface area (Å²) in [4.78, 5) is 0. The third kappa shape index (κ3) is 3.33. The molecule has 43 heavy (non-hydrogen) atoms. The van der Waals surface area contributed by atoms with E-state index in [0.717, 1.165) is 0 Å². The van der Waals surface area contributed by atoms with E-state index in [1.165, 1.54) is 75.6 Å². The number of hydrogen-bond acceptors (Lipinski definition) is 0. The van der Waals surface area contributed by atoms with E-state index in [4.69, 9.17) is 0 Å². The lowest BCUT2D eigenvalue weighted by Crippen LogP contribution is -2.72. The summed E-state index contributed by atoms with van der Waals surface area (Å²) in [5.41, 5.74) is 7.81. The highest BCUT2D eigenvalue weighted by Gasteiger charge is 2.48.